The minimum absolute atomic E-state index is 0.211. The number of aliphatic hydroxyl groups is 2. The molecule has 0 aliphatic rings. The molecule has 0 unspecified atom stereocenters. The van der Waals surface area contributed by atoms with Crippen LogP contribution >= 0.6 is 0 Å². The van der Waals surface area contributed by atoms with Crippen molar-refractivity contribution in [2.24, 2.45) is 5.73 Å². The van der Waals surface area contributed by atoms with Crippen LogP contribution in [0.1, 0.15) is 21.5 Å². The third-order valence-corrected chi connectivity index (χ3v) is 1.87. The zero-order valence-corrected chi connectivity index (χ0v) is 7.03. The summed E-state index contributed by atoms with van der Waals surface area (Å²) in [5.74, 6) is -0.598. The highest BCUT2D eigenvalue weighted by atomic mass is 16.3. The molecule has 4 N–H and O–H groups in total. The zero-order chi connectivity index (χ0) is 9.84. The molecule has 70 valence electrons. The number of benzene rings is 1. The Labute approximate surface area is 75.6 Å². The normalized spacial score (nSPS) is 10.0. The summed E-state index contributed by atoms with van der Waals surface area (Å²) in [6.07, 6.45) is 0. The summed E-state index contributed by atoms with van der Waals surface area (Å²) in [6, 6.07) is 4.77. The molecule has 1 amide bonds. The SMILES string of the molecule is NC(=O)c1cccc(CO)c1CO. The molecule has 0 aromatic heterocycles. The Morgan fingerprint density at radius 1 is 1.31 bits per heavy atom. The van der Waals surface area contributed by atoms with Crippen molar-refractivity contribution in [2.45, 2.75) is 13.2 Å². The molecule has 1 aromatic carbocycles. The van der Waals surface area contributed by atoms with Crippen molar-refractivity contribution in [1.82, 2.24) is 0 Å². The maximum Gasteiger partial charge on any atom is 0.249 e. The lowest BCUT2D eigenvalue weighted by Crippen LogP contribution is -2.15. The molecule has 1 rings (SSSR count). The summed E-state index contributed by atoms with van der Waals surface area (Å²) in [5, 5.41) is 17.9. The Morgan fingerprint density at radius 3 is 2.46 bits per heavy atom. The lowest BCUT2D eigenvalue weighted by molar-refractivity contribution is 0.0997. The first-order valence-corrected chi connectivity index (χ1v) is 3.83. The van der Waals surface area contributed by atoms with Gasteiger partial charge in [-0.05, 0) is 17.2 Å². The highest BCUT2D eigenvalue weighted by molar-refractivity contribution is 5.94. The number of hydrogen-bond acceptors (Lipinski definition) is 3. The quantitative estimate of drug-likeness (QED) is 0.602. The van der Waals surface area contributed by atoms with E-state index in [0.29, 0.717) is 11.1 Å². The number of primary amides is 1. The number of amides is 1. The van der Waals surface area contributed by atoms with Crippen molar-refractivity contribution < 1.29 is 15.0 Å². The van der Waals surface area contributed by atoms with Crippen molar-refractivity contribution >= 4 is 5.91 Å². The number of carbonyl (C=O) groups is 1. The van der Waals surface area contributed by atoms with Gasteiger partial charge in [-0.15, -0.1) is 0 Å². The Balaban J connectivity index is 3.27. The highest BCUT2D eigenvalue weighted by Gasteiger charge is 2.10. The Bertz CT molecular complexity index is 323. The van der Waals surface area contributed by atoms with Gasteiger partial charge in [-0.25, -0.2) is 0 Å². The molecule has 0 radical (unpaired) electrons. The zero-order valence-electron chi connectivity index (χ0n) is 7.03. The number of nitrogens with two attached hydrogens (primary N) is 1. The van der Waals surface area contributed by atoms with Gasteiger partial charge in [0.2, 0.25) is 5.91 Å². The molecule has 0 heterocycles. The van der Waals surface area contributed by atoms with Gasteiger partial charge in [0.15, 0.2) is 0 Å². The van der Waals surface area contributed by atoms with Gasteiger partial charge in [-0.3, -0.25) is 4.79 Å². The second-order valence-electron chi connectivity index (χ2n) is 2.62. The fraction of sp³-hybridized carbons (Fsp3) is 0.222. The first kappa shape index (κ1) is 9.70. The van der Waals surface area contributed by atoms with E-state index in [1.165, 1.54) is 6.07 Å². The molecule has 0 bridgehead atoms. The lowest BCUT2D eigenvalue weighted by Gasteiger charge is -2.07. The molecule has 1 aromatic rings. The topological polar surface area (TPSA) is 83.6 Å². The smallest absolute Gasteiger partial charge is 0.249 e. The fourth-order valence-electron chi connectivity index (χ4n) is 1.20. The van der Waals surface area contributed by atoms with Crippen LogP contribution < -0.4 is 5.73 Å². The van der Waals surface area contributed by atoms with Crippen LogP contribution in [0.2, 0.25) is 0 Å². The van der Waals surface area contributed by atoms with Crippen LogP contribution in [0, 0.1) is 0 Å². The van der Waals surface area contributed by atoms with Gasteiger partial charge in [0.1, 0.15) is 0 Å². The monoisotopic (exact) mass is 181 g/mol. The standard InChI is InChI=1S/C9H11NO3/c10-9(13)7-3-1-2-6(4-11)8(7)5-12/h1-3,11-12H,4-5H2,(H2,10,13). The van der Waals surface area contributed by atoms with Crippen LogP contribution in [0.3, 0.4) is 0 Å². The van der Waals surface area contributed by atoms with Crippen molar-refractivity contribution in [3.63, 3.8) is 0 Å². The molecule has 0 aliphatic heterocycles. The van der Waals surface area contributed by atoms with Crippen molar-refractivity contribution in [1.29, 1.82) is 0 Å². The second kappa shape index (κ2) is 4.02. The molecular formula is C9H11NO3. The molecular weight excluding hydrogens is 170 g/mol. The molecule has 0 saturated carbocycles. The van der Waals surface area contributed by atoms with Crippen molar-refractivity contribution in [3.8, 4) is 0 Å². The fourth-order valence-corrected chi connectivity index (χ4v) is 1.20. The Kier molecular flexibility index (Phi) is 3.00. The number of rotatable bonds is 3. The highest BCUT2D eigenvalue weighted by Crippen LogP contribution is 2.14. The number of hydrogen-bond donors (Lipinski definition) is 3. The van der Waals surface area contributed by atoms with E-state index in [2.05, 4.69) is 0 Å². The molecule has 0 fully saturated rings. The van der Waals surface area contributed by atoms with E-state index in [4.69, 9.17) is 15.9 Å². The Morgan fingerprint density at radius 2 is 2.00 bits per heavy atom. The summed E-state index contributed by atoms with van der Waals surface area (Å²) in [7, 11) is 0. The van der Waals surface area contributed by atoms with Crippen molar-refractivity contribution in [2.75, 3.05) is 0 Å². The third-order valence-electron chi connectivity index (χ3n) is 1.87. The van der Waals surface area contributed by atoms with E-state index in [0.717, 1.165) is 0 Å². The van der Waals surface area contributed by atoms with Gasteiger partial charge in [-0.2, -0.15) is 0 Å². The average molecular weight is 181 g/mol. The molecule has 4 heteroatoms. The minimum atomic E-state index is -0.598. The van der Waals surface area contributed by atoms with Gasteiger partial charge in [0.25, 0.3) is 0 Å². The van der Waals surface area contributed by atoms with Crippen LogP contribution in [0.15, 0.2) is 18.2 Å². The average Bonchev–Trinajstić information content (AvgIpc) is 2.16. The van der Waals surface area contributed by atoms with E-state index in [1.54, 1.807) is 12.1 Å². The molecule has 0 saturated heterocycles. The molecule has 0 spiro atoms. The van der Waals surface area contributed by atoms with E-state index in [1.807, 2.05) is 0 Å². The van der Waals surface area contributed by atoms with E-state index in [-0.39, 0.29) is 18.8 Å². The summed E-state index contributed by atoms with van der Waals surface area (Å²) in [6.45, 7) is -0.508. The molecule has 13 heavy (non-hydrogen) atoms. The number of aliphatic hydroxyl groups excluding tert-OH is 2. The van der Waals surface area contributed by atoms with Crippen LogP contribution in [0.4, 0.5) is 0 Å². The van der Waals surface area contributed by atoms with E-state index >= 15 is 0 Å². The van der Waals surface area contributed by atoms with Gasteiger partial charge in [0, 0.05) is 5.56 Å². The van der Waals surface area contributed by atoms with Crippen LogP contribution in [-0.4, -0.2) is 16.1 Å². The van der Waals surface area contributed by atoms with E-state index < -0.39 is 5.91 Å². The van der Waals surface area contributed by atoms with Gasteiger partial charge >= 0.3 is 0 Å². The summed E-state index contributed by atoms with van der Waals surface area (Å²) >= 11 is 0. The lowest BCUT2D eigenvalue weighted by atomic mass is 10.0. The van der Waals surface area contributed by atoms with Gasteiger partial charge in [0.05, 0.1) is 13.2 Å². The maximum absolute atomic E-state index is 10.9. The van der Waals surface area contributed by atoms with Crippen LogP contribution in [-0.2, 0) is 13.2 Å². The third kappa shape index (κ3) is 1.85. The molecule has 0 atom stereocenters. The summed E-state index contributed by atoms with van der Waals surface area (Å²) < 4.78 is 0. The summed E-state index contributed by atoms with van der Waals surface area (Å²) in [4.78, 5) is 10.9. The second-order valence-corrected chi connectivity index (χ2v) is 2.62. The number of carbonyl (C=O) groups excluding carboxylic acids is 1. The molecule has 0 aliphatic carbocycles. The van der Waals surface area contributed by atoms with E-state index in [9.17, 15) is 4.79 Å². The van der Waals surface area contributed by atoms with Crippen LogP contribution in [0.25, 0.3) is 0 Å². The van der Waals surface area contributed by atoms with Gasteiger partial charge in [-0.1, -0.05) is 12.1 Å². The predicted octanol–water partition coefficient (Wildman–Crippen LogP) is -0.230. The first-order chi connectivity index (χ1) is 6.20. The van der Waals surface area contributed by atoms with Gasteiger partial charge < -0.3 is 15.9 Å². The summed E-state index contributed by atoms with van der Waals surface area (Å²) in [5.41, 5.74) is 6.27. The first-order valence-electron chi connectivity index (χ1n) is 3.83. The van der Waals surface area contributed by atoms with Crippen LogP contribution in [0.5, 0.6) is 0 Å². The predicted molar refractivity (Wildman–Crippen MR) is 46.8 cm³/mol. The largest absolute Gasteiger partial charge is 0.392 e. The minimum Gasteiger partial charge on any atom is -0.392 e. The Hall–Kier alpha value is -1.39. The maximum atomic E-state index is 10.9. The van der Waals surface area contributed by atoms with Crippen molar-refractivity contribution in [3.05, 3.63) is 34.9 Å². The molecule has 4 nitrogen and oxygen atoms in total.